The van der Waals surface area contributed by atoms with Crippen molar-refractivity contribution >= 4 is 28.0 Å². The van der Waals surface area contributed by atoms with E-state index in [1.807, 2.05) is 24.3 Å². The number of benzene rings is 2. The molecule has 0 aliphatic heterocycles. The maximum atomic E-state index is 13.1. The van der Waals surface area contributed by atoms with Gasteiger partial charge in [-0.05, 0) is 43.3 Å². The fourth-order valence-electron chi connectivity index (χ4n) is 2.53. The zero-order chi connectivity index (χ0) is 14.8. The molecule has 0 saturated heterocycles. The van der Waals surface area contributed by atoms with Gasteiger partial charge in [0.05, 0.1) is 16.9 Å². The molecule has 1 aromatic heterocycles. The molecule has 3 rings (SSSR count). The summed E-state index contributed by atoms with van der Waals surface area (Å²) in [6.07, 6.45) is 1.75. The van der Waals surface area contributed by atoms with Crippen LogP contribution < -0.4 is 10.6 Å². The van der Waals surface area contributed by atoms with E-state index in [9.17, 15) is 4.39 Å². The number of aromatic nitrogens is 1. The van der Waals surface area contributed by atoms with Crippen molar-refractivity contribution in [1.82, 2.24) is 4.98 Å². The number of nitrogens with two attached hydrogens (primary N) is 1. The molecule has 0 fully saturated rings. The van der Waals surface area contributed by atoms with Crippen molar-refractivity contribution in [3.63, 3.8) is 0 Å². The first-order chi connectivity index (χ1) is 10.2. The molecule has 106 valence electrons. The van der Waals surface area contributed by atoms with Crippen molar-refractivity contribution in [3.8, 4) is 0 Å². The topological polar surface area (TPSA) is 42.2 Å². The molecule has 0 unspecified atom stereocenters. The van der Waals surface area contributed by atoms with Crippen LogP contribution in [-0.2, 0) is 0 Å². The lowest BCUT2D eigenvalue weighted by molar-refractivity contribution is 0.628. The Bertz CT molecular complexity index is 769. The van der Waals surface area contributed by atoms with Crippen molar-refractivity contribution in [2.45, 2.75) is 6.92 Å². The molecule has 0 aliphatic carbocycles. The van der Waals surface area contributed by atoms with Gasteiger partial charge in [-0.3, -0.25) is 4.98 Å². The molecule has 0 spiro atoms. The van der Waals surface area contributed by atoms with Gasteiger partial charge in [0, 0.05) is 23.8 Å². The first-order valence-electron chi connectivity index (χ1n) is 6.87. The van der Waals surface area contributed by atoms with E-state index in [1.165, 1.54) is 12.1 Å². The van der Waals surface area contributed by atoms with Crippen LogP contribution in [0.25, 0.3) is 10.9 Å². The smallest absolute Gasteiger partial charge is 0.123 e. The van der Waals surface area contributed by atoms with E-state index in [2.05, 4.69) is 16.8 Å². The number of anilines is 3. The molecule has 1 heterocycles. The maximum absolute atomic E-state index is 13.1. The highest BCUT2D eigenvalue weighted by molar-refractivity contribution is 5.99. The number of nitrogens with zero attached hydrogens (tertiary/aromatic N) is 2. The minimum absolute atomic E-state index is 0.237. The first-order valence-corrected chi connectivity index (χ1v) is 6.87. The molecule has 3 nitrogen and oxygen atoms in total. The van der Waals surface area contributed by atoms with Gasteiger partial charge in [0.2, 0.25) is 0 Å². The average Bonchev–Trinajstić information content (AvgIpc) is 2.51. The second-order valence-electron chi connectivity index (χ2n) is 4.79. The predicted molar refractivity (Wildman–Crippen MR) is 85.2 cm³/mol. The van der Waals surface area contributed by atoms with Gasteiger partial charge in [-0.2, -0.15) is 0 Å². The Morgan fingerprint density at radius 2 is 1.86 bits per heavy atom. The summed E-state index contributed by atoms with van der Waals surface area (Å²) < 4.78 is 13.1. The van der Waals surface area contributed by atoms with Gasteiger partial charge in [-0.25, -0.2) is 4.39 Å². The summed E-state index contributed by atoms with van der Waals surface area (Å²) >= 11 is 0. The molecule has 4 heteroatoms. The number of rotatable bonds is 3. The van der Waals surface area contributed by atoms with E-state index in [-0.39, 0.29) is 5.82 Å². The third-order valence-electron chi connectivity index (χ3n) is 3.52. The Labute approximate surface area is 122 Å². The number of hydrogen-bond donors (Lipinski definition) is 1. The molecule has 2 aromatic carbocycles. The summed E-state index contributed by atoms with van der Waals surface area (Å²) in [5, 5.41) is 0.990. The van der Waals surface area contributed by atoms with Crippen LogP contribution in [0.3, 0.4) is 0 Å². The fourth-order valence-corrected chi connectivity index (χ4v) is 2.53. The number of hydrogen-bond acceptors (Lipinski definition) is 3. The lowest BCUT2D eigenvalue weighted by atomic mass is 10.1. The molecular weight excluding hydrogens is 265 g/mol. The van der Waals surface area contributed by atoms with E-state index in [0.717, 1.165) is 28.8 Å². The lowest BCUT2D eigenvalue weighted by Crippen LogP contribution is -2.16. The van der Waals surface area contributed by atoms with E-state index < -0.39 is 0 Å². The van der Waals surface area contributed by atoms with Crippen LogP contribution in [0.2, 0.25) is 0 Å². The summed E-state index contributed by atoms with van der Waals surface area (Å²) in [5.41, 5.74) is 9.39. The number of nitrogen functional groups attached to an aromatic ring is 1. The summed E-state index contributed by atoms with van der Waals surface area (Å²) in [7, 11) is 0. The van der Waals surface area contributed by atoms with Crippen LogP contribution in [0.15, 0.2) is 54.7 Å². The van der Waals surface area contributed by atoms with Crippen molar-refractivity contribution in [1.29, 1.82) is 0 Å². The van der Waals surface area contributed by atoms with Crippen LogP contribution >= 0.6 is 0 Å². The summed E-state index contributed by atoms with van der Waals surface area (Å²) in [5.74, 6) is -0.237. The van der Waals surface area contributed by atoms with Crippen LogP contribution in [-0.4, -0.2) is 11.5 Å². The van der Waals surface area contributed by atoms with Crippen molar-refractivity contribution in [2.75, 3.05) is 17.2 Å². The third-order valence-corrected chi connectivity index (χ3v) is 3.52. The molecule has 0 amide bonds. The van der Waals surface area contributed by atoms with E-state index in [0.29, 0.717) is 5.69 Å². The van der Waals surface area contributed by atoms with Gasteiger partial charge in [-0.15, -0.1) is 0 Å². The molecule has 0 aliphatic rings. The number of halogens is 1. The Hall–Kier alpha value is -2.62. The van der Waals surface area contributed by atoms with Crippen molar-refractivity contribution in [3.05, 3.63) is 60.5 Å². The quantitative estimate of drug-likeness (QED) is 0.734. The highest BCUT2D eigenvalue weighted by Crippen LogP contribution is 2.32. The SMILES string of the molecule is CCN(c1ccc(F)cc1)c1ccnc2c(N)cccc12. The van der Waals surface area contributed by atoms with Gasteiger partial charge < -0.3 is 10.6 Å². The fraction of sp³-hybridized carbons (Fsp3) is 0.118. The van der Waals surface area contributed by atoms with Crippen LogP contribution in [0.1, 0.15) is 6.92 Å². The average molecular weight is 281 g/mol. The Kier molecular flexibility index (Phi) is 3.44. The zero-order valence-corrected chi connectivity index (χ0v) is 11.8. The minimum atomic E-state index is -0.237. The van der Waals surface area contributed by atoms with Crippen molar-refractivity contribution < 1.29 is 4.39 Å². The van der Waals surface area contributed by atoms with Crippen LogP contribution in [0.5, 0.6) is 0 Å². The number of fused-ring (bicyclic) bond motifs is 1. The number of para-hydroxylation sites is 1. The molecule has 3 aromatic rings. The zero-order valence-electron chi connectivity index (χ0n) is 11.8. The normalized spacial score (nSPS) is 10.8. The highest BCUT2D eigenvalue weighted by atomic mass is 19.1. The van der Waals surface area contributed by atoms with Crippen molar-refractivity contribution in [2.24, 2.45) is 0 Å². The molecule has 0 saturated carbocycles. The summed E-state index contributed by atoms with van der Waals surface area (Å²) in [6.45, 7) is 2.82. The largest absolute Gasteiger partial charge is 0.397 e. The lowest BCUT2D eigenvalue weighted by Gasteiger charge is -2.24. The maximum Gasteiger partial charge on any atom is 0.123 e. The Morgan fingerprint density at radius 1 is 1.10 bits per heavy atom. The highest BCUT2D eigenvalue weighted by Gasteiger charge is 2.12. The molecule has 0 bridgehead atoms. The van der Waals surface area contributed by atoms with Gasteiger partial charge >= 0.3 is 0 Å². The molecule has 0 radical (unpaired) electrons. The summed E-state index contributed by atoms with van der Waals surface area (Å²) in [6, 6.07) is 14.2. The van der Waals surface area contributed by atoms with E-state index in [4.69, 9.17) is 5.73 Å². The van der Waals surface area contributed by atoms with Gasteiger partial charge in [-0.1, -0.05) is 12.1 Å². The van der Waals surface area contributed by atoms with E-state index >= 15 is 0 Å². The predicted octanol–water partition coefficient (Wildman–Crippen LogP) is 4.11. The second-order valence-corrected chi connectivity index (χ2v) is 4.79. The number of pyridine rings is 1. The van der Waals surface area contributed by atoms with Crippen LogP contribution in [0.4, 0.5) is 21.5 Å². The Morgan fingerprint density at radius 3 is 2.57 bits per heavy atom. The second kappa shape index (κ2) is 5.40. The standard InChI is InChI=1S/C17H16FN3/c1-2-21(13-8-6-12(18)7-9-13)16-10-11-20-17-14(16)4-3-5-15(17)19/h3-11H,2,19H2,1H3. The van der Waals surface area contributed by atoms with Gasteiger partial charge in [0.1, 0.15) is 5.82 Å². The van der Waals surface area contributed by atoms with Gasteiger partial charge in [0.15, 0.2) is 0 Å². The van der Waals surface area contributed by atoms with Gasteiger partial charge in [0.25, 0.3) is 0 Å². The molecule has 2 N–H and O–H groups in total. The summed E-state index contributed by atoms with van der Waals surface area (Å²) in [4.78, 5) is 6.47. The minimum Gasteiger partial charge on any atom is -0.397 e. The molecular formula is C17H16FN3. The molecule has 0 atom stereocenters. The monoisotopic (exact) mass is 281 g/mol. The third kappa shape index (κ3) is 2.40. The van der Waals surface area contributed by atoms with Crippen LogP contribution in [0, 0.1) is 5.82 Å². The first kappa shape index (κ1) is 13.4. The van der Waals surface area contributed by atoms with E-state index in [1.54, 1.807) is 18.3 Å². The molecule has 21 heavy (non-hydrogen) atoms. The Balaban J connectivity index is 2.17.